The SMILES string of the molecule is CCOC(=O)O[C@H](C)n1nnnc1COC[C@H](C)NC1CCC(Cc2cc(-c3cccc(NCC4(C#N)CCOCC4)n3)c(Cl)cn2)CC1. The van der Waals surface area contributed by atoms with Crippen LogP contribution in [0.4, 0.5) is 10.6 Å². The number of pyridine rings is 2. The van der Waals surface area contributed by atoms with Crippen LogP contribution in [-0.2, 0) is 32.0 Å². The summed E-state index contributed by atoms with van der Waals surface area (Å²) in [4.78, 5) is 21.1. The monoisotopic (exact) mass is 695 g/mol. The van der Waals surface area contributed by atoms with E-state index in [0.717, 1.165) is 49.1 Å². The molecule has 1 saturated heterocycles. The van der Waals surface area contributed by atoms with Gasteiger partial charge >= 0.3 is 6.16 Å². The molecular weight excluding hydrogens is 650 g/mol. The third-order valence-electron chi connectivity index (χ3n) is 9.13. The maximum atomic E-state index is 11.6. The number of carbonyl (C=O) groups excluding carboxylic acids is 1. The van der Waals surface area contributed by atoms with Crippen molar-refractivity contribution in [3.8, 4) is 17.3 Å². The van der Waals surface area contributed by atoms with Crippen molar-refractivity contribution < 1.29 is 23.7 Å². The van der Waals surface area contributed by atoms with E-state index in [2.05, 4.69) is 50.2 Å². The molecule has 1 aliphatic heterocycles. The third kappa shape index (κ3) is 10.3. The summed E-state index contributed by atoms with van der Waals surface area (Å²) < 4.78 is 22.8. The molecule has 1 aliphatic carbocycles. The average molecular weight is 696 g/mol. The second-order valence-corrected chi connectivity index (χ2v) is 13.3. The molecule has 0 amide bonds. The lowest BCUT2D eigenvalue weighted by Gasteiger charge is -2.31. The Bertz CT molecular complexity index is 1550. The molecule has 264 valence electrons. The molecule has 3 aromatic rings. The van der Waals surface area contributed by atoms with E-state index in [1.807, 2.05) is 18.2 Å². The van der Waals surface area contributed by atoms with E-state index in [0.29, 0.717) is 67.8 Å². The Labute approximate surface area is 292 Å². The lowest BCUT2D eigenvalue weighted by Crippen LogP contribution is -2.41. The van der Waals surface area contributed by atoms with Gasteiger partial charge in [0.15, 0.2) is 12.1 Å². The van der Waals surface area contributed by atoms with Gasteiger partial charge in [-0.05, 0) is 100 Å². The van der Waals surface area contributed by atoms with Gasteiger partial charge in [-0.2, -0.15) is 9.94 Å². The molecule has 14 nitrogen and oxygen atoms in total. The van der Waals surface area contributed by atoms with E-state index in [4.69, 9.17) is 35.5 Å². The third-order valence-corrected chi connectivity index (χ3v) is 9.43. The van der Waals surface area contributed by atoms with E-state index in [1.54, 1.807) is 20.0 Å². The van der Waals surface area contributed by atoms with Crippen molar-refractivity contribution in [1.82, 2.24) is 35.5 Å². The van der Waals surface area contributed by atoms with Crippen molar-refractivity contribution in [3.63, 3.8) is 0 Å². The highest BCUT2D eigenvalue weighted by molar-refractivity contribution is 6.33. The van der Waals surface area contributed by atoms with Crippen LogP contribution < -0.4 is 10.6 Å². The fourth-order valence-corrected chi connectivity index (χ4v) is 6.56. The summed E-state index contributed by atoms with van der Waals surface area (Å²) in [5.74, 6) is 1.71. The first-order valence-electron chi connectivity index (χ1n) is 17.1. The Kier molecular flexibility index (Phi) is 13.1. The molecule has 15 heteroatoms. The van der Waals surface area contributed by atoms with Gasteiger partial charge in [-0.3, -0.25) is 4.98 Å². The number of carbonyl (C=O) groups is 1. The van der Waals surface area contributed by atoms with E-state index in [1.165, 1.54) is 4.68 Å². The molecule has 2 atom stereocenters. The maximum absolute atomic E-state index is 11.6. The predicted molar refractivity (Wildman–Crippen MR) is 181 cm³/mol. The summed E-state index contributed by atoms with van der Waals surface area (Å²) in [5.41, 5.74) is 2.20. The first-order chi connectivity index (χ1) is 23.8. The molecule has 4 heterocycles. The number of nitrogens with zero attached hydrogens (tertiary/aromatic N) is 7. The van der Waals surface area contributed by atoms with E-state index >= 15 is 0 Å². The molecule has 0 bridgehead atoms. The van der Waals surface area contributed by atoms with Crippen molar-refractivity contribution >= 4 is 23.6 Å². The normalized spacial score (nSPS) is 20.1. The number of aromatic nitrogens is 6. The minimum atomic E-state index is -0.774. The smallest absolute Gasteiger partial charge is 0.435 e. The standard InChI is InChI=1S/C34H46ClN9O5/c1-4-48-33(45)49-24(3)44-32(41-42-43-44)20-47-19-23(2)39-26-10-8-25(9-11-26)16-27-17-28(29(35)18-37-27)30-6-5-7-31(40-30)38-22-34(21-36)12-14-46-15-13-34/h5-7,17-18,23-26,39H,4,8-16,19-20,22H2,1-3H3,(H,38,40)/t23-,24+,25?,26?/m0/s1. The van der Waals surface area contributed by atoms with Crippen LogP contribution in [0.15, 0.2) is 30.5 Å². The van der Waals surface area contributed by atoms with Crippen LogP contribution in [0, 0.1) is 22.7 Å². The highest BCUT2D eigenvalue weighted by atomic mass is 35.5. The highest BCUT2D eigenvalue weighted by Crippen LogP contribution is 2.33. The van der Waals surface area contributed by atoms with Gasteiger partial charge in [0.1, 0.15) is 12.4 Å². The molecule has 2 fully saturated rings. The van der Waals surface area contributed by atoms with Gasteiger partial charge < -0.3 is 29.6 Å². The summed E-state index contributed by atoms with van der Waals surface area (Å²) >= 11 is 6.62. The van der Waals surface area contributed by atoms with Crippen LogP contribution >= 0.6 is 11.6 Å². The van der Waals surface area contributed by atoms with E-state index < -0.39 is 17.8 Å². The van der Waals surface area contributed by atoms with Crippen LogP contribution in [-0.4, -0.2) is 81.4 Å². The van der Waals surface area contributed by atoms with Gasteiger partial charge in [0, 0.05) is 49.3 Å². The number of tetrazole rings is 1. The first-order valence-corrected chi connectivity index (χ1v) is 17.4. The summed E-state index contributed by atoms with van der Waals surface area (Å²) in [6.07, 6.45) is 6.88. The number of hydrogen-bond donors (Lipinski definition) is 2. The number of nitriles is 1. The topological polar surface area (TPSA) is 171 Å². The molecule has 2 N–H and O–H groups in total. The molecular formula is C34H46ClN9O5. The minimum absolute atomic E-state index is 0.138. The molecule has 0 spiro atoms. The fourth-order valence-electron chi connectivity index (χ4n) is 6.36. The minimum Gasteiger partial charge on any atom is -0.435 e. The summed E-state index contributed by atoms with van der Waals surface area (Å²) in [7, 11) is 0. The van der Waals surface area contributed by atoms with Gasteiger partial charge in [0.2, 0.25) is 0 Å². The van der Waals surface area contributed by atoms with Crippen molar-refractivity contribution in [2.45, 2.75) is 90.6 Å². The molecule has 0 radical (unpaired) electrons. The number of anilines is 1. The van der Waals surface area contributed by atoms with Crippen molar-refractivity contribution in [1.29, 1.82) is 5.26 Å². The number of halogens is 1. The van der Waals surface area contributed by atoms with Crippen molar-refractivity contribution in [2.75, 3.05) is 38.3 Å². The Hall–Kier alpha value is -3.90. The van der Waals surface area contributed by atoms with Crippen LogP contribution in [0.3, 0.4) is 0 Å². The fraction of sp³-hybridized carbons (Fsp3) is 0.618. The summed E-state index contributed by atoms with van der Waals surface area (Å²) in [6.45, 7) is 8.10. The maximum Gasteiger partial charge on any atom is 0.510 e. The highest BCUT2D eigenvalue weighted by Gasteiger charge is 2.32. The summed E-state index contributed by atoms with van der Waals surface area (Å²) in [5, 5.41) is 29.0. The van der Waals surface area contributed by atoms with Crippen molar-refractivity contribution in [2.24, 2.45) is 11.3 Å². The Morgan fingerprint density at radius 1 is 1.22 bits per heavy atom. The lowest BCUT2D eigenvalue weighted by atomic mass is 9.82. The van der Waals surface area contributed by atoms with Gasteiger partial charge in [0.05, 0.1) is 35.4 Å². The molecule has 0 unspecified atom stereocenters. The molecule has 2 aliphatic rings. The van der Waals surface area contributed by atoms with E-state index in [9.17, 15) is 10.1 Å². The van der Waals surface area contributed by atoms with Crippen LogP contribution in [0.5, 0.6) is 0 Å². The Balaban J connectivity index is 1.06. The number of ether oxygens (including phenoxy) is 4. The van der Waals surface area contributed by atoms with Gasteiger partial charge in [-0.15, -0.1) is 5.10 Å². The Morgan fingerprint density at radius 2 is 2.02 bits per heavy atom. The zero-order valence-electron chi connectivity index (χ0n) is 28.4. The zero-order valence-corrected chi connectivity index (χ0v) is 29.2. The van der Waals surface area contributed by atoms with Crippen LogP contribution in [0.25, 0.3) is 11.3 Å². The predicted octanol–water partition coefficient (Wildman–Crippen LogP) is 5.50. The molecule has 1 saturated carbocycles. The van der Waals surface area contributed by atoms with Gasteiger partial charge in [-0.25, -0.2) is 9.78 Å². The summed E-state index contributed by atoms with van der Waals surface area (Å²) in [6, 6.07) is 10.9. The average Bonchev–Trinajstić information content (AvgIpc) is 3.58. The molecule has 3 aromatic heterocycles. The lowest BCUT2D eigenvalue weighted by molar-refractivity contribution is -0.00390. The Morgan fingerprint density at radius 3 is 2.78 bits per heavy atom. The van der Waals surface area contributed by atoms with Crippen LogP contribution in [0.2, 0.25) is 5.02 Å². The van der Waals surface area contributed by atoms with Gasteiger partial charge in [-0.1, -0.05) is 17.7 Å². The van der Waals surface area contributed by atoms with Crippen LogP contribution in [0.1, 0.15) is 77.0 Å². The van der Waals surface area contributed by atoms with Crippen molar-refractivity contribution in [3.05, 3.63) is 47.0 Å². The molecule has 49 heavy (non-hydrogen) atoms. The quantitative estimate of drug-likeness (QED) is 0.191. The first kappa shape index (κ1) is 36.4. The van der Waals surface area contributed by atoms with Gasteiger partial charge in [0.25, 0.3) is 0 Å². The zero-order chi connectivity index (χ0) is 34.6. The second kappa shape index (κ2) is 17.7. The number of hydrogen-bond acceptors (Lipinski definition) is 13. The molecule has 0 aromatic carbocycles. The number of nitrogens with one attached hydrogen (secondary N) is 2. The largest absolute Gasteiger partial charge is 0.510 e. The molecule has 5 rings (SSSR count). The number of rotatable bonds is 15. The van der Waals surface area contributed by atoms with E-state index in [-0.39, 0.29) is 19.3 Å². The second-order valence-electron chi connectivity index (χ2n) is 12.9.